The Hall–Kier alpha value is -2.28. The molecule has 0 N–H and O–H groups in total. The molecule has 2 aromatic heterocycles. The van der Waals surface area contributed by atoms with E-state index in [1.807, 2.05) is 11.0 Å². The number of likely N-dealkylation sites (tertiary alicyclic amines) is 2. The molecule has 2 aromatic rings. The predicted octanol–water partition coefficient (Wildman–Crippen LogP) is 2.46. The third-order valence-electron chi connectivity index (χ3n) is 5.87. The van der Waals surface area contributed by atoms with Gasteiger partial charge in [-0.05, 0) is 56.4 Å². The Labute approximate surface area is 153 Å². The zero-order chi connectivity index (χ0) is 18.1. The van der Waals surface area contributed by atoms with Crippen LogP contribution in [-0.2, 0) is 0 Å². The van der Waals surface area contributed by atoms with E-state index in [1.165, 1.54) is 0 Å². The molecule has 1 spiro atoms. The number of carbonyl (C=O) groups is 1. The lowest BCUT2D eigenvalue weighted by Gasteiger charge is -2.38. The van der Waals surface area contributed by atoms with Gasteiger partial charge < -0.3 is 14.2 Å². The third kappa shape index (κ3) is 3.11. The second kappa shape index (κ2) is 6.79. The van der Waals surface area contributed by atoms with Crippen LogP contribution in [0.1, 0.15) is 54.4 Å². The van der Waals surface area contributed by atoms with Crippen LogP contribution < -0.4 is 0 Å². The van der Waals surface area contributed by atoms with Crippen LogP contribution in [0.5, 0.6) is 0 Å². The molecule has 1 unspecified atom stereocenters. The fourth-order valence-corrected chi connectivity index (χ4v) is 4.30. The summed E-state index contributed by atoms with van der Waals surface area (Å²) >= 11 is 0. The Morgan fingerprint density at radius 3 is 2.77 bits per heavy atom. The molecule has 0 radical (unpaired) electrons. The monoisotopic (exact) mass is 355 g/mol. The summed E-state index contributed by atoms with van der Waals surface area (Å²) in [5.74, 6) is 1.08. The number of amides is 1. The largest absolute Gasteiger partial charge is 0.423 e. The van der Waals surface area contributed by atoms with E-state index in [9.17, 15) is 4.79 Å². The van der Waals surface area contributed by atoms with Crippen molar-refractivity contribution in [2.24, 2.45) is 5.41 Å². The second-order valence-electron chi connectivity index (χ2n) is 7.49. The number of rotatable bonds is 3. The van der Waals surface area contributed by atoms with Gasteiger partial charge in [-0.1, -0.05) is 6.92 Å². The molecule has 2 aliphatic rings. The molecule has 0 aliphatic carbocycles. The Balaban J connectivity index is 1.62. The van der Waals surface area contributed by atoms with Crippen molar-refractivity contribution < 1.29 is 9.21 Å². The first-order valence-corrected chi connectivity index (χ1v) is 9.33. The summed E-state index contributed by atoms with van der Waals surface area (Å²) in [5.41, 5.74) is 0.744. The van der Waals surface area contributed by atoms with Gasteiger partial charge in [0.25, 0.3) is 5.91 Å². The maximum absolute atomic E-state index is 13.2. The van der Waals surface area contributed by atoms with E-state index >= 15 is 0 Å². The van der Waals surface area contributed by atoms with E-state index in [1.54, 1.807) is 25.4 Å². The van der Waals surface area contributed by atoms with Crippen molar-refractivity contribution in [2.75, 3.05) is 26.2 Å². The van der Waals surface area contributed by atoms with Gasteiger partial charge in [0.05, 0.1) is 5.56 Å². The Morgan fingerprint density at radius 2 is 2.15 bits per heavy atom. The normalized spacial score (nSPS) is 22.8. The SMILES string of the molecule is CCN1CCC2(CC1)CC(c1nnc(C)o1)N(C(=O)c1cccnc1)C2. The highest BCUT2D eigenvalue weighted by atomic mass is 16.4. The van der Waals surface area contributed by atoms with Crippen molar-refractivity contribution in [2.45, 2.75) is 39.2 Å². The third-order valence-corrected chi connectivity index (χ3v) is 5.87. The molecule has 7 heteroatoms. The summed E-state index contributed by atoms with van der Waals surface area (Å²) in [6.07, 6.45) is 6.39. The van der Waals surface area contributed by atoms with Crippen LogP contribution in [0.15, 0.2) is 28.9 Å². The Bertz CT molecular complexity index is 767. The molecule has 0 bridgehead atoms. The lowest BCUT2D eigenvalue weighted by atomic mass is 9.76. The van der Waals surface area contributed by atoms with Gasteiger partial charge in [0.2, 0.25) is 11.8 Å². The molecule has 0 saturated carbocycles. The second-order valence-corrected chi connectivity index (χ2v) is 7.49. The lowest BCUT2D eigenvalue weighted by molar-refractivity contribution is 0.0673. The van der Waals surface area contributed by atoms with E-state index in [0.717, 1.165) is 45.4 Å². The fraction of sp³-hybridized carbons (Fsp3) is 0.579. The smallest absolute Gasteiger partial charge is 0.256 e. The molecule has 0 aromatic carbocycles. The maximum atomic E-state index is 13.2. The zero-order valence-electron chi connectivity index (χ0n) is 15.4. The van der Waals surface area contributed by atoms with Gasteiger partial charge in [0.1, 0.15) is 6.04 Å². The van der Waals surface area contributed by atoms with Crippen LogP contribution in [-0.4, -0.2) is 57.1 Å². The van der Waals surface area contributed by atoms with Gasteiger partial charge >= 0.3 is 0 Å². The minimum absolute atomic E-state index is 0.00579. The summed E-state index contributed by atoms with van der Waals surface area (Å²) in [7, 11) is 0. The molecule has 4 heterocycles. The van der Waals surface area contributed by atoms with Crippen molar-refractivity contribution in [3.8, 4) is 0 Å². The van der Waals surface area contributed by atoms with Gasteiger partial charge in [-0.15, -0.1) is 10.2 Å². The van der Waals surface area contributed by atoms with Gasteiger partial charge in [-0.25, -0.2) is 0 Å². The first-order chi connectivity index (χ1) is 12.6. The number of piperidine rings is 1. The first-order valence-electron chi connectivity index (χ1n) is 9.33. The number of nitrogens with zero attached hydrogens (tertiary/aromatic N) is 5. The molecular weight excluding hydrogens is 330 g/mol. The number of aromatic nitrogens is 3. The maximum Gasteiger partial charge on any atom is 0.256 e. The van der Waals surface area contributed by atoms with Gasteiger partial charge in [-0.3, -0.25) is 9.78 Å². The fourth-order valence-electron chi connectivity index (χ4n) is 4.30. The summed E-state index contributed by atoms with van der Waals surface area (Å²) in [6, 6.07) is 3.46. The lowest BCUT2D eigenvalue weighted by Crippen LogP contribution is -2.42. The molecule has 1 amide bonds. The standard InChI is InChI=1S/C19H25N5O2/c1-3-23-9-6-19(7-10-23)11-16(17-22-21-14(2)26-17)24(13-19)18(25)15-5-4-8-20-12-15/h4-5,8,12,16H,3,6-7,9-11,13H2,1-2H3. The van der Waals surface area contributed by atoms with Crippen molar-refractivity contribution in [1.82, 2.24) is 25.0 Å². The van der Waals surface area contributed by atoms with Crippen LogP contribution in [0.25, 0.3) is 0 Å². The Kier molecular flexibility index (Phi) is 4.48. The van der Waals surface area contributed by atoms with E-state index in [4.69, 9.17) is 4.42 Å². The molecule has 2 aliphatic heterocycles. The summed E-state index contributed by atoms with van der Waals surface area (Å²) < 4.78 is 5.72. The molecule has 4 rings (SSSR count). The average Bonchev–Trinajstić information content (AvgIpc) is 3.27. The zero-order valence-corrected chi connectivity index (χ0v) is 15.4. The van der Waals surface area contributed by atoms with Crippen LogP contribution in [0.4, 0.5) is 0 Å². The first kappa shape index (κ1) is 17.1. The highest BCUT2D eigenvalue weighted by Crippen LogP contribution is 2.49. The quantitative estimate of drug-likeness (QED) is 0.842. The van der Waals surface area contributed by atoms with Crippen molar-refractivity contribution in [3.63, 3.8) is 0 Å². The van der Waals surface area contributed by atoms with Gasteiger partial charge in [0.15, 0.2) is 0 Å². The van der Waals surface area contributed by atoms with Crippen molar-refractivity contribution >= 4 is 5.91 Å². The molecule has 138 valence electrons. The highest BCUT2D eigenvalue weighted by molar-refractivity contribution is 5.94. The van der Waals surface area contributed by atoms with E-state index in [-0.39, 0.29) is 17.4 Å². The van der Waals surface area contributed by atoms with E-state index in [0.29, 0.717) is 17.3 Å². The number of aryl methyl sites for hydroxylation is 1. The van der Waals surface area contributed by atoms with Crippen molar-refractivity contribution in [3.05, 3.63) is 41.9 Å². The molecule has 2 saturated heterocycles. The van der Waals surface area contributed by atoms with Crippen LogP contribution in [0.2, 0.25) is 0 Å². The van der Waals surface area contributed by atoms with E-state index in [2.05, 4.69) is 27.0 Å². The number of pyridine rings is 1. The summed E-state index contributed by atoms with van der Waals surface area (Å²) in [6.45, 7) is 7.98. The van der Waals surface area contributed by atoms with Crippen molar-refractivity contribution in [1.29, 1.82) is 0 Å². The predicted molar refractivity (Wildman–Crippen MR) is 95.4 cm³/mol. The highest BCUT2D eigenvalue weighted by Gasteiger charge is 2.49. The van der Waals surface area contributed by atoms with Crippen LogP contribution in [0, 0.1) is 12.3 Å². The molecule has 26 heavy (non-hydrogen) atoms. The summed E-state index contributed by atoms with van der Waals surface area (Å²) in [4.78, 5) is 21.7. The van der Waals surface area contributed by atoms with Gasteiger partial charge in [-0.2, -0.15) is 0 Å². The number of hydrogen-bond acceptors (Lipinski definition) is 6. The minimum atomic E-state index is -0.155. The summed E-state index contributed by atoms with van der Waals surface area (Å²) in [5, 5.41) is 8.21. The number of carbonyl (C=O) groups excluding carboxylic acids is 1. The topological polar surface area (TPSA) is 75.4 Å². The molecule has 7 nitrogen and oxygen atoms in total. The number of hydrogen-bond donors (Lipinski definition) is 0. The molecule has 1 atom stereocenters. The minimum Gasteiger partial charge on any atom is -0.423 e. The Morgan fingerprint density at radius 1 is 1.35 bits per heavy atom. The molecule has 2 fully saturated rings. The van der Waals surface area contributed by atoms with Crippen LogP contribution >= 0.6 is 0 Å². The van der Waals surface area contributed by atoms with Gasteiger partial charge in [0, 0.05) is 25.9 Å². The molecular formula is C19H25N5O2. The van der Waals surface area contributed by atoms with E-state index < -0.39 is 0 Å². The average molecular weight is 355 g/mol. The van der Waals surface area contributed by atoms with Crippen LogP contribution in [0.3, 0.4) is 0 Å².